The molecule has 0 heterocycles. The van der Waals surface area contributed by atoms with Crippen LogP contribution < -0.4 is 0 Å². The molecule has 0 radical (unpaired) electrons. The van der Waals surface area contributed by atoms with E-state index in [0.29, 0.717) is 17.6 Å². The minimum Gasteiger partial charge on any atom is -0.390 e. The molecule has 0 aliphatic heterocycles. The first kappa shape index (κ1) is 20.8. The number of carbonyl (C=O) groups is 1. The predicted octanol–water partition coefficient (Wildman–Crippen LogP) is 5.39. The summed E-state index contributed by atoms with van der Waals surface area (Å²) in [6.45, 7) is 10.2. The largest absolute Gasteiger partial charge is 0.390 e. The molecule has 4 fully saturated rings. The van der Waals surface area contributed by atoms with Gasteiger partial charge >= 0.3 is 0 Å². The molecule has 0 saturated heterocycles. The second-order valence-corrected chi connectivity index (χ2v) is 11.4. The van der Waals surface area contributed by atoms with Gasteiger partial charge < -0.3 is 9.84 Å². The topological polar surface area (TPSA) is 46.5 Å². The normalized spacial score (nSPS) is 50.5. The Bertz CT molecular complexity index is 599. The van der Waals surface area contributed by atoms with Gasteiger partial charge in [0.1, 0.15) is 5.78 Å². The van der Waals surface area contributed by atoms with Gasteiger partial charge in [0, 0.05) is 12.5 Å². The second kappa shape index (κ2) is 7.38. The molecular weight excluding hydrogens is 348 g/mol. The number of aliphatic hydroxyl groups is 1. The van der Waals surface area contributed by atoms with Crippen LogP contribution in [0.3, 0.4) is 0 Å². The molecule has 160 valence electrons. The molecule has 4 aliphatic rings. The Morgan fingerprint density at radius 3 is 2.54 bits per heavy atom. The molecule has 0 spiro atoms. The number of hydrogen-bond acceptors (Lipinski definition) is 3. The van der Waals surface area contributed by atoms with Crippen molar-refractivity contribution in [1.29, 1.82) is 0 Å². The zero-order valence-corrected chi connectivity index (χ0v) is 18.6. The highest BCUT2D eigenvalue weighted by Gasteiger charge is 2.62. The SMILES string of the molecule is CCCOC[C@]12CC[C@@](C)(O)C[C@@H]1CC[C@H]1[C@@H]3CC[C@H](C(C)=O)[C@@]3(C)CC[C@@H]12. The van der Waals surface area contributed by atoms with Crippen molar-refractivity contribution in [3.8, 4) is 0 Å². The molecule has 0 aromatic heterocycles. The maximum Gasteiger partial charge on any atom is 0.133 e. The Labute approximate surface area is 172 Å². The van der Waals surface area contributed by atoms with E-state index in [0.717, 1.165) is 57.2 Å². The number of ether oxygens (including phenoxy) is 1. The summed E-state index contributed by atoms with van der Waals surface area (Å²) in [7, 11) is 0. The minimum atomic E-state index is -0.498. The molecule has 4 saturated carbocycles. The summed E-state index contributed by atoms with van der Waals surface area (Å²) in [5.74, 6) is 3.51. The van der Waals surface area contributed by atoms with Crippen LogP contribution in [0.2, 0.25) is 0 Å². The molecule has 0 aromatic carbocycles. The number of rotatable bonds is 5. The lowest BCUT2D eigenvalue weighted by Gasteiger charge is -2.62. The predicted molar refractivity (Wildman–Crippen MR) is 112 cm³/mol. The molecule has 1 N–H and O–H groups in total. The third-order valence-corrected chi connectivity index (χ3v) is 9.86. The van der Waals surface area contributed by atoms with Crippen LogP contribution in [-0.4, -0.2) is 29.7 Å². The van der Waals surface area contributed by atoms with Crippen LogP contribution in [0.5, 0.6) is 0 Å². The molecule has 0 unspecified atom stereocenters. The van der Waals surface area contributed by atoms with Gasteiger partial charge in [-0.25, -0.2) is 0 Å². The highest BCUT2D eigenvalue weighted by molar-refractivity contribution is 5.79. The quantitative estimate of drug-likeness (QED) is 0.640. The average Bonchev–Trinajstić information content (AvgIpc) is 2.99. The molecular formula is C25H42O3. The molecule has 28 heavy (non-hydrogen) atoms. The summed E-state index contributed by atoms with van der Waals surface area (Å²) in [5.41, 5.74) is -0.0105. The summed E-state index contributed by atoms with van der Waals surface area (Å²) in [6, 6.07) is 0. The molecule has 4 rings (SSSR count). The molecule has 0 bridgehead atoms. The first-order valence-corrected chi connectivity index (χ1v) is 12.0. The zero-order valence-electron chi connectivity index (χ0n) is 18.6. The van der Waals surface area contributed by atoms with E-state index < -0.39 is 5.60 Å². The van der Waals surface area contributed by atoms with Crippen molar-refractivity contribution in [1.82, 2.24) is 0 Å². The zero-order chi connectivity index (χ0) is 20.2. The number of ketones is 1. The first-order chi connectivity index (χ1) is 13.2. The Morgan fingerprint density at radius 2 is 1.82 bits per heavy atom. The molecule has 4 aliphatic carbocycles. The van der Waals surface area contributed by atoms with Gasteiger partial charge in [0.25, 0.3) is 0 Å². The number of fused-ring (bicyclic) bond motifs is 5. The van der Waals surface area contributed by atoms with Crippen molar-refractivity contribution >= 4 is 5.78 Å². The van der Waals surface area contributed by atoms with Crippen molar-refractivity contribution < 1.29 is 14.6 Å². The smallest absolute Gasteiger partial charge is 0.133 e. The fourth-order valence-electron chi connectivity index (χ4n) is 8.59. The average molecular weight is 391 g/mol. The van der Waals surface area contributed by atoms with E-state index >= 15 is 0 Å². The summed E-state index contributed by atoms with van der Waals surface area (Å²) in [5, 5.41) is 10.8. The van der Waals surface area contributed by atoms with Crippen molar-refractivity contribution in [3.05, 3.63) is 0 Å². The van der Waals surface area contributed by atoms with Crippen molar-refractivity contribution in [2.24, 2.45) is 40.4 Å². The molecule has 0 amide bonds. The lowest BCUT2D eigenvalue weighted by atomic mass is 9.43. The van der Waals surface area contributed by atoms with Crippen LogP contribution in [0, 0.1) is 40.4 Å². The molecule has 8 atom stereocenters. The minimum absolute atomic E-state index is 0.228. The van der Waals surface area contributed by atoms with Crippen LogP contribution in [0.15, 0.2) is 0 Å². The van der Waals surface area contributed by atoms with E-state index in [-0.39, 0.29) is 16.7 Å². The van der Waals surface area contributed by atoms with Gasteiger partial charge in [0.15, 0.2) is 0 Å². The van der Waals surface area contributed by atoms with Gasteiger partial charge in [0.05, 0.1) is 12.2 Å². The number of carbonyl (C=O) groups excluding carboxylic acids is 1. The van der Waals surface area contributed by atoms with Crippen LogP contribution in [0.1, 0.15) is 91.9 Å². The lowest BCUT2D eigenvalue weighted by molar-refractivity contribution is -0.178. The number of Topliss-reactive ketones (excluding diaryl/α,β-unsaturated/α-hetero) is 1. The van der Waals surface area contributed by atoms with E-state index in [1.165, 1.54) is 32.1 Å². The Kier molecular flexibility index (Phi) is 5.49. The van der Waals surface area contributed by atoms with E-state index in [4.69, 9.17) is 4.74 Å². The molecule has 0 aromatic rings. The van der Waals surface area contributed by atoms with Crippen molar-refractivity contribution in [3.63, 3.8) is 0 Å². The van der Waals surface area contributed by atoms with Gasteiger partial charge in [-0.15, -0.1) is 0 Å². The van der Waals surface area contributed by atoms with Crippen LogP contribution in [0.4, 0.5) is 0 Å². The standard InChI is InChI=1S/C25H42O3/c1-5-14-28-16-25-13-12-23(3,27)15-18(25)6-7-19-21-9-8-20(17(2)26)24(21,4)11-10-22(19)25/h18-22,27H,5-16H2,1-4H3/t18-,19-,20+,21-,22-,23+,24+,25+/m0/s1. The van der Waals surface area contributed by atoms with Crippen LogP contribution in [0.25, 0.3) is 0 Å². The third-order valence-electron chi connectivity index (χ3n) is 9.86. The fraction of sp³-hybridized carbons (Fsp3) is 0.960. The van der Waals surface area contributed by atoms with Crippen LogP contribution >= 0.6 is 0 Å². The first-order valence-electron chi connectivity index (χ1n) is 12.0. The van der Waals surface area contributed by atoms with Crippen molar-refractivity contribution in [2.75, 3.05) is 13.2 Å². The van der Waals surface area contributed by atoms with E-state index in [2.05, 4.69) is 13.8 Å². The highest BCUT2D eigenvalue weighted by atomic mass is 16.5. The molecule has 3 heteroatoms. The van der Waals surface area contributed by atoms with E-state index in [1.807, 2.05) is 13.8 Å². The van der Waals surface area contributed by atoms with Gasteiger partial charge in [-0.2, -0.15) is 0 Å². The van der Waals surface area contributed by atoms with Crippen LogP contribution in [-0.2, 0) is 9.53 Å². The Balaban J connectivity index is 1.62. The third kappa shape index (κ3) is 3.20. The highest BCUT2D eigenvalue weighted by Crippen LogP contribution is 2.68. The van der Waals surface area contributed by atoms with Crippen molar-refractivity contribution in [2.45, 2.75) is 97.5 Å². The van der Waals surface area contributed by atoms with E-state index in [9.17, 15) is 9.90 Å². The van der Waals surface area contributed by atoms with E-state index in [1.54, 1.807) is 0 Å². The maximum atomic E-state index is 12.4. The monoisotopic (exact) mass is 390 g/mol. The van der Waals surface area contributed by atoms with Gasteiger partial charge in [-0.1, -0.05) is 13.8 Å². The number of hydrogen-bond donors (Lipinski definition) is 1. The second-order valence-electron chi connectivity index (χ2n) is 11.4. The lowest BCUT2D eigenvalue weighted by Crippen LogP contribution is -2.58. The summed E-state index contributed by atoms with van der Waals surface area (Å²) < 4.78 is 6.26. The summed E-state index contributed by atoms with van der Waals surface area (Å²) >= 11 is 0. The summed E-state index contributed by atoms with van der Waals surface area (Å²) in [6.07, 6.45) is 11.4. The van der Waals surface area contributed by atoms with Gasteiger partial charge in [0.2, 0.25) is 0 Å². The van der Waals surface area contributed by atoms with Gasteiger partial charge in [-0.05, 0) is 113 Å². The Morgan fingerprint density at radius 1 is 1.04 bits per heavy atom. The maximum absolute atomic E-state index is 12.4. The fourth-order valence-corrected chi connectivity index (χ4v) is 8.59. The van der Waals surface area contributed by atoms with Gasteiger partial charge in [-0.3, -0.25) is 4.79 Å². The summed E-state index contributed by atoms with van der Waals surface area (Å²) in [4.78, 5) is 12.4. The molecule has 3 nitrogen and oxygen atoms in total. The Hall–Kier alpha value is -0.410.